The van der Waals surface area contributed by atoms with Crippen molar-refractivity contribution >= 4 is 40.3 Å². The van der Waals surface area contributed by atoms with E-state index >= 15 is 0 Å². The summed E-state index contributed by atoms with van der Waals surface area (Å²) in [6.07, 6.45) is 0.642. The zero-order valence-electron chi connectivity index (χ0n) is 14.3. The number of rotatable bonds is 5. The fourth-order valence-corrected chi connectivity index (χ4v) is 2.64. The fourth-order valence-electron chi connectivity index (χ4n) is 2.46. The van der Waals surface area contributed by atoms with Crippen molar-refractivity contribution < 1.29 is 18.7 Å². The first-order valence-electron chi connectivity index (χ1n) is 8.09. The summed E-state index contributed by atoms with van der Waals surface area (Å²) < 4.78 is 10.6. The van der Waals surface area contributed by atoms with Crippen LogP contribution in [0.5, 0.6) is 0 Å². The largest absolute Gasteiger partial charge is 0.449 e. The molecule has 3 aromatic rings. The molecule has 3 rings (SSSR count). The van der Waals surface area contributed by atoms with Gasteiger partial charge in [0.1, 0.15) is 5.52 Å². The molecule has 0 aliphatic heterocycles. The molecule has 0 bridgehead atoms. The van der Waals surface area contributed by atoms with Crippen molar-refractivity contribution in [3.05, 3.63) is 58.9 Å². The molecule has 2 aromatic carbocycles. The number of fused-ring (bicyclic) bond motifs is 1. The number of hydrogen-bond donors (Lipinski definition) is 1. The Kier molecular flexibility index (Phi) is 5.23. The Morgan fingerprint density at radius 2 is 2.12 bits per heavy atom. The number of halogens is 1. The third-order valence-electron chi connectivity index (χ3n) is 3.93. The number of benzene rings is 2. The molecule has 134 valence electrons. The molecule has 0 fully saturated rings. The summed E-state index contributed by atoms with van der Waals surface area (Å²) in [7, 11) is 0. The molecule has 1 heterocycles. The molecule has 0 spiro atoms. The van der Waals surface area contributed by atoms with Crippen molar-refractivity contribution in [1.82, 2.24) is 4.98 Å². The molecular weight excluding hydrogens is 356 g/mol. The van der Waals surface area contributed by atoms with Gasteiger partial charge in [0, 0.05) is 10.7 Å². The summed E-state index contributed by atoms with van der Waals surface area (Å²) >= 11 is 6.07. The standard InChI is InChI=1S/C19H17ClN2O4/c1-3-15(18(23)22-12-8-7-11(2)14(20)9-12)26-19(24)13-5-4-6-16-17(13)21-10-25-16/h4-10,15H,3H2,1-2H3,(H,22,23). The van der Waals surface area contributed by atoms with Crippen LogP contribution in [0, 0.1) is 6.92 Å². The smallest absolute Gasteiger partial charge is 0.341 e. The van der Waals surface area contributed by atoms with Crippen LogP contribution in [0.1, 0.15) is 29.3 Å². The third kappa shape index (κ3) is 3.70. The number of esters is 1. The highest BCUT2D eigenvalue weighted by Gasteiger charge is 2.24. The van der Waals surface area contributed by atoms with Crippen LogP contribution < -0.4 is 5.32 Å². The van der Waals surface area contributed by atoms with Gasteiger partial charge in [-0.2, -0.15) is 0 Å². The van der Waals surface area contributed by atoms with Crippen LogP contribution in [0.25, 0.3) is 11.1 Å². The molecule has 1 atom stereocenters. The van der Waals surface area contributed by atoms with Crippen LogP contribution in [-0.4, -0.2) is 23.0 Å². The average Bonchev–Trinajstić information content (AvgIpc) is 3.11. The Morgan fingerprint density at radius 3 is 2.85 bits per heavy atom. The molecule has 1 N–H and O–H groups in total. The highest BCUT2D eigenvalue weighted by atomic mass is 35.5. The maximum absolute atomic E-state index is 12.5. The van der Waals surface area contributed by atoms with Gasteiger partial charge >= 0.3 is 5.97 Å². The average molecular weight is 373 g/mol. The number of aryl methyl sites for hydroxylation is 1. The molecule has 7 heteroatoms. The lowest BCUT2D eigenvalue weighted by Gasteiger charge is -2.16. The summed E-state index contributed by atoms with van der Waals surface area (Å²) in [5.41, 5.74) is 2.58. The molecule has 6 nitrogen and oxygen atoms in total. The number of nitrogens with one attached hydrogen (secondary N) is 1. The number of amides is 1. The Bertz CT molecular complexity index is 967. The summed E-state index contributed by atoms with van der Waals surface area (Å²) in [4.78, 5) is 29.0. The molecule has 0 aliphatic rings. The van der Waals surface area contributed by atoms with E-state index in [9.17, 15) is 9.59 Å². The van der Waals surface area contributed by atoms with Crippen molar-refractivity contribution in [2.24, 2.45) is 0 Å². The number of carbonyl (C=O) groups excluding carboxylic acids is 2. The maximum Gasteiger partial charge on any atom is 0.341 e. The number of carbonyl (C=O) groups is 2. The monoisotopic (exact) mass is 372 g/mol. The topological polar surface area (TPSA) is 81.4 Å². The van der Waals surface area contributed by atoms with Crippen LogP contribution in [0.15, 0.2) is 47.2 Å². The maximum atomic E-state index is 12.5. The number of nitrogens with zero attached hydrogens (tertiary/aromatic N) is 1. The number of oxazole rings is 1. The van der Waals surface area contributed by atoms with Crippen LogP contribution in [0.2, 0.25) is 5.02 Å². The van der Waals surface area contributed by atoms with Gasteiger partial charge < -0.3 is 14.5 Å². The predicted octanol–water partition coefficient (Wildman–Crippen LogP) is 4.36. The van der Waals surface area contributed by atoms with Crippen LogP contribution in [0.3, 0.4) is 0 Å². The van der Waals surface area contributed by atoms with Crippen molar-refractivity contribution in [2.45, 2.75) is 26.4 Å². The van der Waals surface area contributed by atoms with Gasteiger partial charge in [-0.05, 0) is 43.2 Å². The zero-order chi connectivity index (χ0) is 18.7. The molecular formula is C19H17ClN2O4. The van der Waals surface area contributed by atoms with E-state index in [2.05, 4.69) is 10.3 Å². The lowest BCUT2D eigenvalue weighted by atomic mass is 10.2. The number of para-hydroxylation sites is 1. The Morgan fingerprint density at radius 1 is 1.31 bits per heavy atom. The molecule has 0 aliphatic carbocycles. The predicted molar refractivity (Wildman–Crippen MR) is 98.3 cm³/mol. The second-order valence-electron chi connectivity index (χ2n) is 5.76. The molecule has 0 radical (unpaired) electrons. The van der Waals surface area contributed by atoms with E-state index in [0.29, 0.717) is 28.2 Å². The molecule has 1 amide bonds. The second-order valence-corrected chi connectivity index (χ2v) is 6.17. The van der Waals surface area contributed by atoms with E-state index in [1.165, 1.54) is 6.39 Å². The Balaban J connectivity index is 1.74. The van der Waals surface area contributed by atoms with Crippen molar-refractivity contribution in [1.29, 1.82) is 0 Å². The van der Waals surface area contributed by atoms with E-state index in [0.717, 1.165) is 5.56 Å². The number of ether oxygens (including phenoxy) is 1. The highest BCUT2D eigenvalue weighted by molar-refractivity contribution is 6.31. The van der Waals surface area contributed by atoms with E-state index in [1.54, 1.807) is 43.3 Å². The van der Waals surface area contributed by atoms with E-state index in [1.807, 2.05) is 6.92 Å². The van der Waals surface area contributed by atoms with Gasteiger partial charge in [0.05, 0.1) is 5.56 Å². The second kappa shape index (κ2) is 7.58. The summed E-state index contributed by atoms with van der Waals surface area (Å²) in [5.74, 6) is -1.05. The minimum Gasteiger partial charge on any atom is -0.449 e. The van der Waals surface area contributed by atoms with Gasteiger partial charge in [-0.1, -0.05) is 30.7 Å². The molecule has 26 heavy (non-hydrogen) atoms. The van der Waals surface area contributed by atoms with Gasteiger partial charge in [-0.25, -0.2) is 9.78 Å². The van der Waals surface area contributed by atoms with Crippen LogP contribution in [0.4, 0.5) is 5.69 Å². The van der Waals surface area contributed by atoms with Crippen molar-refractivity contribution in [3.8, 4) is 0 Å². The van der Waals surface area contributed by atoms with Gasteiger partial charge in [0.15, 0.2) is 18.1 Å². The summed E-state index contributed by atoms with van der Waals surface area (Å²) in [5, 5.41) is 3.26. The van der Waals surface area contributed by atoms with Gasteiger partial charge in [-0.3, -0.25) is 4.79 Å². The van der Waals surface area contributed by atoms with E-state index in [-0.39, 0.29) is 5.56 Å². The number of hydrogen-bond acceptors (Lipinski definition) is 5. The lowest BCUT2D eigenvalue weighted by molar-refractivity contribution is -0.124. The SMILES string of the molecule is CCC(OC(=O)c1cccc2ocnc12)C(=O)Nc1ccc(C)c(Cl)c1. The fraction of sp³-hybridized carbons (Fsp3) is 0.211. The number of anilines is 1. The normalized spacial score (nSPS) is 12.0. The quantitative estimate of drug-likeness (QED) is 0.673. The third-order valence-corrected chi connectivity index (χ3v) is 4.34. The Hall–Kier alpha value is -2.86. The van der Waals surface area contributed by atoms with Gasteiger partial charge in [-0.15, -0.1) is 0 Å². The first-order chi connectivity index (χ1) is 12.5. The van der Waals surface area contributed by atoms with E-state index < -0.39 is 18.0 Å². The number of aromatic nitrogens is 1. The van der Waals surface area contributed by atoms with Gasteiger partial charge in [0.25, 0.3) is 5.91 Å². The molecule has 1 unspecified atom stereocenters. The summed E-state index contributed by atoms with van der Waals surface area (Å²) in [6, 6.07) is 10.1. The van der Waals surface area contributed by atoms with Crippen molar-refractivity contribution in [3.63, 3.8) is 0 Å². The molecule has 0 saturated heterocycles. The van der Waals surface area contributed by atoms with Crippen molar-refractivity contribution in [2.75, 3.05) is 5.32 Å². The minimum atomic E-state index is -0.940. The van der Waals surface area contributed by atoms with E-state index in [4.69, 9.17) is 20.8 Å². The zero-order valence-corrected chi connectivity index (χ0v) is 15.0. The lowest BCUT2D eigenvalue weighted by Crippen LogP contribution is -2.32. The highest BCUT2D eigenvalue weighted by Crippen LogP contribution is 2.21. The molecule has 1 aromatic heterocycles. The summed E-state index contributed by atoms with van der Waals surface area (Å²) in [6.45, 7) is 3.63. The van der Waals surface area contributed by atoms with Gasteiger partial charge in [0.2, 0.25) is 0 Å². The molecule has 0 saturated carbocycles. The first kappa shape index (κ1) is 17.9. The first-order valence-corrected chi connectivity index (χ1v) is 8.47. The van der Waals surface area contributed by atoms with Crippen LogP contribution in [-0.2, 0) is 9.53 Å². The van der Waals surface area contributed by atoms with Crippen LogP contribution >= 0.6 is 11.6 Å². The minimum absolute atomic E-state index is 0.251. The Labute approximate surface area is 155 Å².